The van der Waals surface area contributed by atoms with E-state index in [0.29, 0.717) is 17.2 Å². The molecular weight excluding hydrogens is 336 g/mol. The van der Waals surface area contributed by atoms with E-state index in [1.54, 1.807) is 31.4 Å². The minimum absolute atomic E-state index is 0.239. The molecule has 2 atom stereocenters. The Morgan fingerprint density at radius 2 is 1.92 bits per heavy atom. The molecule has 1 aliphatic heterocycles. The Balaban J connectivity index is 1.73. The second-order valence-corrected chi connectivity index (χ2v) is 6.39. The maximum Gasteiger partial charge on any atom is 0.342 e. The summed E-state index contributed by atoms with van der Waals surface area (Å²) in [6.45, 7) is 4.03. The minimum atomic E-state index is -0.707. The van der Waals surface area contributed by atoms with Gasteiger partial charge in [0, 0.05) is 31.7 Å². The first-order valence-corrected chi connectivity index (χ1v) is 8.29. The Hall–Kier alpha value is -2.77. The van der Waals surface area contributed by atoms with Crippen molar-refractivity contribution >= 4 is 11.7 Å². The highest BCUT2D eigenvalue weighted by Gasteiger charge is 2.38. The lowest BCUT2D eigenvalue weighted by atomic mass is 9.90. The number of benzene rings is 2. The van der Waals surface area contributed by atoms with Crippen LogP contribution < -0.4 is 20.3 Å². The predicted octanol–water partition coefficient (Wildman–Crippen LogP) is 3.92. The molecule has 0 aromatic heterocycles. The molecule has 7 nitrogen and oxygen atoms in total. The summed E-state index contributed by atoms with van der Waals surface area (Å²) >= 11 is 0. The van der Waals surface area contributed by atoms with Crippen molar-refractivity contribution in [2.75, 3.05) is 12.4 Å². The second-order valence-electron chi connectivity index (χ2n) is 6.39. The number of carbonyl (C=O) groups excluding carboxylic acids is 1. The molecule has 3 N–H and O–H groups in total. The van der Waals surface area contributed by atoms with Crippen LogP contribution in [-0.2, 0) is 11.2 Å². The molecule has 0 saturated carbocycles. The Kier molecular flexibility index (Phi) is 5.01. The number of anilines is 1. The van der Waals surface area contributed by atoms with Gasteiger partial charge in [-0.15, -0.1) is 0 Å². The first kappa shape index (κ1) is 18.0. The Bertz CT molecular complexity index is 793. The van der Waals surface area contributed by atoms with Crippen LogP contribution in [-0.4, -0.2) is 24.1 Å². The molecule has 0 bridgehead atoms. The van der Waals surface area contributed by atoms with E-state index in [0.717, 1.165) is 17.7 Å². The van der Waals surface area contributed by atoms with Gasteiger partial charge >= 0.3 is 6.03 Å². The Labute approximate surface area is 151 Å². The Morgan fingerprint density at radius 1 is 1.23 bits per heavy atom. The van der Waals surface area contributed by atoms with Gasteiger partial charge in [0.2, 0.25) is 5.79 Å². The SMILES string of the molecule is COC1(C)Oc2cc(Oc3ccc(NC(=O)NO)cc3)ccc2CC1C. The number of amides is 2. The van der Waals surface area contributed by atoms with Gasteiger partial charge in [-0.3, -0.25) is 5.21 Å². The average Bonchev–Trinajstić information content (AvgIpc) is 2.64. The van der Waals surface area contributed by atoms with Crippen LogP contribution in [0.5, 0.6) is 17.2 Å². The zero-order valence-corrected chi connectivity index (χ0v) is 14.9. The number of rotatable bonds is 4. The van der Waals surface area contributed by atoms with Gasteiger partial charge in [0.15, 0.2) is 0 Å². The predicted molar refractivity (Wildman–Crippen MR) is 95.8 cm³/mol. The number of methoxy groups -OCH3 is 1. The van der Waals surface area contributed by atoms with Crippen LogP contribution in [0.1, 0.15) is 19.4 Å². The van der Waals surface area contributed by atoms with Gasteiger partial charge < -0.3 is 19.5 Å². The van der Waals surface area contributed by atoms with E-state index in [1.807, 2.05) is 25.1 Å². The highest BCUT2D eigenvalue weighted by molar-refractivity contribution is 5.88. The quantitative estimate of drug-likeness (QED) is 0.569. The van der Waals surface area contributed by atoms with Crippen LogP contribution in [0.4, 0.5) is 10.5 Å². The van der Waals surface area contributed by atoms with Crippen LogP contribution >= 0.6 is 0 Å². The van der Waals surface area contributed by atoms with Crippen LogP contribution in [0.2, 0.25) is 0 Å². The highest BCUT2D eigenvalue weighted by Crippen LogP contribution is 2.39. The van der Waals surface area contributed by atoms with E-state index in [2.05, 4.69) is 12.2 Å². The third-order valence-corrected chi connectivity index (χ3v) is 4.63. The lowest BCUT2D eigenvalue weighted by Crippen LogP contribution is -2.45. The number of hydrogen-bond donors (Lipinski definition) is 3. The third kappa shape index (κ3) is 3.74. The van der Waals surface area contributed by atoms with E-state index >= 15 is 0 Å². The number of hydrogen-bond acceptors (Lipinski definition) is 5. The molecule has 0 spiro atoms. The molecule has 1 heterocycles. The van der Waals surface area contributed by atoms with Gasteiger partial charge in [-0.05, 0) is 42.3 Å². The first-order valence-electron chi connectivity index (χ1n) is 8.29. The van der Waals surface area contributed by atoms with Crippen LogP contribution in [0.3, 0.4) is 0 Å². The zero-order valence-electron chi connectivity index (χ0n) is 14.9. The number of carbonyl (C=O) groups is 1. The number of nitrogens with one attached hydrogen (secondary N) is 2. The van der Waals surface area contributed by atoms with E-state index in [1.165, 1.54) is 5.48 Å². The van der Waals surface area contributed by atoms with Crippen molar-refractivity contribution in [3.8, 4) is 17.2 Å². The van der Waals surface area contributed by atoms with E-state index in [9.17, 15) is 4.79 Å². The summed E-state index contributed by atoms with van der Waals surface area (Å²) in [5.41, 5.74) is 3.16. The third-order valence-electron chi connectivity index (χ3n) is 4.63. The van der Waals surface area contributed by atoms with Crippen LogP contribution in [0, 0.1) is 5.92 Å². The molecule has 2 amide bonds. The van der Waals surface area contributed by atoms with E-state index < -0.39 is 11.8 Å². The summed E-state index contributed by atoms with van der Waals surface area (Å²) < 4.78 is 17.5. The molecule has 26 heavy (non-hydrogen) atoms. The lowest BCUT2D eigenvalue weighted by Gasteiger charge is -2.39. The maximum absolute atomic E-state index is 11.1. The summed E-state index contributed by atoms with van der Waals surface area (Å²) in [6.07, 6.45) is 0.868. The smallest absolute Gasteiger partial charge is 0.342 e. The molecule has 2 aromatic carbocycles. The summed E-state index contributed by atoms with van der Waals surface area (Å²) in [4.78, 5) is 11.1. The van der Waals surface area contributed by atoms with E-state index in [4.69, 9.17) is 19.4 Å². The summed E-state index contributed by atoms with van der Waals surface area (Å²) in [7, 11) is 1.65. The highest BCUT2D eigenvalue weighted by atomic mass is 16.7. The fourth-order valence-electron chi connectivity index (χ4n) is 2.84. The molecule has 0 saturated heterocycles. The molecule has 138 valence electrons. The van der Waals surface area contributed by atoms with Crippen molar-refractivity contribution in [2.24, 2.45) is 5.92 Å². The fraction of sp³-hybridized carbons (Fsp3) is 0.316. The molecule has 1 aliphatic rings. The number of hydroxylamine groups is 1. The van der Waals surface area contributed by atoms with Gasteiger partial charge in [-0.1, -0.05) is 13.0 Å². The molecule has 0 radical (unpaired) electrons. The fourth-order valence-corrected chi connectivity index (χ4v) is 2.84. The van der Waals surface area contributed by atoms with Crippen LogP contribution in [0.25, 0.3) is 0 Å². The largest absolute Gasteiger partial charge is 0.462 e. The van der Waals surface area contributed by atoms with Crippen molar-refractivity contribution in [1.29, 1.82) is 0 Å². The lowest BCUT2D eigenvalue weighted by molar-refractivity contribution is -0.190. The summed E-state index contributed by atoms with van der Waals surface area (Å²) in [6, 6.07) is 11.8. The van der Waals surface area contributed by atoms with E-state index in [-0.39, 0.29) is 5.92 Å². The molecule has 0 fully saturated rings. The topological polar surface area (TPSA) is 89.0 Å². The molecule has 2 aromatic rings. The molecule has 7 heteroatoms. The van der Waals surface area contributed by atoms with Gasteiger partial charge in [0.25, 0.3) is 0 Å². The maximum atomic E-state index is 11.1. The zero-order chi connectivity index (χ0) is 18.7. The monoisotopic (exact) mass is 358 g/mol. The molecule has 2 unspecified atom stereocenters. The van der Waals surface area contributed by atoms with Crippen molar-refractivity contribution in [2.45, 2.75) is 26.1 Å². The molecule has 3 rings (SSSR count). The van der Waals surface area contributed by atoms with Crippen molar-refractivity contribution in [3.05, 3.63) is 48.0 Å². The molecule has 0 aliphatic carbocycles. The summed E-state index contributed by atoms with van der Waals surface area (Å²) in [5, 5.41) is 11.0. The van der Waals surface area contributed by atoms with Gasteiger partial charge in [0.05, 0.1) is 0 Å². The van der Waals surface area contributed by atoms with Crippen LogP contribution in [0.15, 0.2) is 42.5 Å². The van der Waals surface area contributed by atoms with Crippen molar-refractivity contribution in [3.63, 3.8) is 0 Å². The van der Waals surface area contributed by atoms with Gasteiger partial charge in [-0.25, -0.2) is 10.3 Å². The normalized spacial score (nSPS) is 21.3. The average molecular weight is 358 g/mol. The standard InChI is InChI=1S/C19H22N2O5/c1-12-10-13-4-7-16(11-17(13)26-19(12,2)24-3)25-15-8-5-14(6-9-15)20-18(22)21-23/h4-9,11-12,23H,10H2,1-3H3,(H2,20,21,22). The Morgan fingerprint density at radius 3 is 2.58 bits per heavy atom. The minimum Gasteiger partial charge on any atom is -0.462 e. The summed E-state index contributed by atoms with van der Waals surface area (Å²) in [5.74, 6) is 1.58. The molecular formula is C19H22N2O5. The second kappa shape index (κ2) is 7.23. The van der Waals surface area contributed by atoms with Gasteiger partial charge in [0.1, 0.15) is 17.2 Å². The first-order chi connectivity index (χ1) is 12.4. The van der Waals surface area contributed by atoms with Crippen molar-refractivity contribution in [1.82, 2.24) is 5.48 Å². The van der Waals surface area contributed by atoms with Gasteiger partial charge in [-0.2, -0.15) is 0 Å². The van der Waals surface area contributed by atoms with Crippen molar-refractivity contribution < 1.29 is 24.2 Å². The number of fused-ring (bicyclic) bond motifs is 1. The number of urea groups is 1. The number of ether oxygens (including phenoxy) is 3.